The van der Waals surface area contributed by atoms with Gasteiger partial charge in [-0.05, 0) is 18.1 Å². The number of rotatable bonds is 4. The Morgan fingerprint density at radius 3 is 2.76 bits per heavy atom. The second-order valence-corrected chi connectivity index (χ2v) is 3.74. The van der Waals surface area contributed by atoms with Gasteiger partial charge in [-0.2, -0.15) is 0 Å². The highest BCUT2D eigenvalue weighted by Crippen LogP contribution is 2.11. The Labute approximate surface area is 101 Å². The summed E-state index contributed by atoms with van der Waals surface area (Å²) >= 11 is 0. The van der Waals surface area contributed by atoms with Crippen molar-refractivity contribution in [1.82, 2.24) is 15.0 Å². The maximum Gasteiger partial charge on any atom is 0.112 e. The van der Waals surface area contributed by atoms with Crippen LogP contribution in [0.2, 0.25) is 0 Å². The van der Waals surface area contributed by atoms with Gasteiger partial charge in [0.1, 0.15) is 5.69 Å². The lowest BCUT2D eigenvalue weighted by atomic mass is 10.2. The van der Waals surface area contributed by atoms with E-state index >= 15 is 0 Å². The maximum absolute atomic E-state index is 4.13. The molecule has 0 fully saturated rings. The van der Waals surface area contributed by atoms with E-state index < -0.39 is 0 Å². The van der Waals surface area contributed by atoms with Crippen molar-refractivity contribution in [1.29, 1.82) is 0 Å². The maximum atomic E-state index is 4.13. The highest BCUT2D eigenvalue weighted by molar-refractivity contribution is 5.69. The highest BCUT2D eigenvalue weighted by Gasteiger charge is 2.03. The molecule has 86 valence electrons. The summed E-state index contributed by atoms with van der Waals surface area (Å²) in [5.41, 5.74) is 3.08. The van der Waals surface area contributed by atoms with Crippen LogP contribution < -0.4 is 0 Å². The summed E-state index contributed by atoms with van der Waals surface area (Å²) in [5, 5.41) is 8.23. The van der Waals surface area contributed by atoms with Crippen LogP contribution in [0.4, 0.5) is 0 Å². The van der Waals surface area contributed by atoms with Crippen molar-refractivity contribution >= 4 is 5.57 Å². The molecule has 0 radical (unpaired) electrons. The van der Waals surface area contributed by atoms with Gasteiger partial charge in [-0.1, -0.05) is 54.3 Å². The van der Waals surface area contributed by atoms with Gasteiger partial charge in [0.05, 0.1) is 12.7 Å². The normalized spacial score (nSPS) is 11.5. The predicted octanol–water partition coefficient (Wildman–Crippen LogP) is 2.92. The van der Waals surface area contributed by atoms with E-state index in [1.54, 1.807) is 6.08 Å². The third-order valence-electron chi connectivity index (χ3n) is 2.55. The van der Waals surface area contributed by atoms with Crippen LogP contribution in [0, 0.1) is 0 Å². The molecule has 0 atom stereocenters. The second kappa shape index (κ2) is 5.25. The molecule has 3 heteroatoms. The van der Waals surface area contributed by atoms with Crippen molar-refractivity contribution in [3.05, 3.63) is 66.5 Å². The van der Waals surface area contributed by atoms with Crippen molar-refractivity contribution < 1.29 is 0 Å². The van der Waals surface area contributed by atoms with E-state index in [0.29, 0.717) is 0 Å². The van der Waals surface area contributed by atoms with E-state index in [2.05, 4.69) is 29.0 Å². The van der Waals surface area contributed by atoms with Gasteiger partial charge in [-0.3, -0.25) is 0 Å². The first-order valence-corrected chi connectivity index (χ1v) is 5.56. The fourth-order valence-corrected chi connectivity index (χ4v) is 1.65. The van der Waals surface area contributed by atoms with E-state index in [-0.39, 0.29) is 0 Å². The average Bonchev–Trinajstić information content (AvgIpc) is 2.81. The average molecular weight is 225 g/mol. The molecule has 2 aromatic rings. The zero-order valence-corrected chi connectivity index (χ0v) is 9.87. The van der Waals surface area contributed by atoms with E-state index in [0.717, 1.165) is 17.8 Å². The van der Waals surface area contributed by atoms with Crippen LogP contribution in [-0.2, 0) is 6.54 Å². The first-order chi connectivity index (χ1) is 8.33. The smallest absolute Gasteiger partial charge is 0.112 e. The Hall–Kier alpha value is -2.16. The Kier molecular flexibility index (Phi) is 3.50. The van der Waals surface area contributed by atoms with Gasteiger partial charge in [0.15, 0.2) is 0 Å². The summed E-state index contributed by atoms with van der Waals surface area (Å²) in [6.07, 6.45) is 5.70. The van der Waals surface area contributed by atoms with Gasteiger partial charge in [-0.15, -0.1) is 5.10 Å². The van der Waals surface area contributed by atoms with Crippen LogP contribution in [0.1, 0.15) is 18.2 Å². The van der Waals surface area contributed by atoms with Crippen LogP contribution in [0.5, 0.6) is 0 Å². The monoisotopic (exact) mass is 225 g/mol. The van der Waals surface area contributed by atoms with E-state index in [9.17, 15) is 0 Å². The standard InChI is InChI=1S/C14H15N3/c1-3-13(4-2)14-11-17(16-15-14)10-12-8-6-5-7-9-12/h3-9,11H,1,10H2,2H3. The molecule has 0 bridgehead atoms. The lowest BCUT2D eigenvalue weighted by Crippen LogP contribution is -1.99. The molecule has 1 heterocycles. The summed E-state index contributed by atoms with van der Waals surface area (Å²) < 4.78 is 1.83. The Morgan fingerprint density at radius 1 is 1.35 bits per heavy atom. The van der Waals surface area contributed by atoms with Gasteiger partial charge in [0.25, 0.3) is 0 Å². The zero-order chi connectivity index (χ0) is 12.1. The largest absolute Gasteiger partial charge is 0.247 e. The van der Waals surface area contributed by atoms with Gasteiger partial charge >= 0.3 is 0 Å². The molecule has 0 saturated carbocycles. The van der Waals surface area contributed by atoms with Gasteiger partial charge < -0.3 is 0 Å². The number of nitrogens with zero attached hydrogens (tertiary/aromatic N) is 3. The molecule has 0 saturated heterocycles. The summed E-state index contributed by atoms with van der Waals surface area (Å²) in [6, 6.07) is 10.2. The van der Waals surface area contributed by atoms with Crippen molar-refractivity contribution in [3.8, 4) is 0 Å². The fourth-order valence-electron chi connectivity index (χ4n) is 1.65. The molecule has 3 nitrogen and oxygen atoms in total. The minimum atomic E-state index is 0.738. The van der Waals surface area contributed by atoms with E-state index in [1.807, 2.05) is 42.1 Å². The molecule has 0 aliphatic carbocycles. The Morgan fingerprint density at radius 2 is 2.12 bits per heavy atom. The summed E-state index contributed by atoms with van der Waals surface area (Å²) in [7, 11) is 0. The SMILES string of the molecule is C=CC(=CC)c1cn(Cc2ccccc2)nn1. The number of allylic oxidation sites excluding steroid dienone is 3. The minimum absolute atomic E-state index is 0.738. The van der Waals surface area contributed by atoms with E-state index in [4.69, 9.17) is 0 Å². The lowest BCUT2D eigenvalue weighted by molar-refractivity contribution is 0.649. The molecule has 0 aliphatic rings. The summed E-state index contributed by atoms with van der Waals surface area (Å²) in [5.74, 6) is 0. The topological polar surface area (TPSA) is 30.7 Å². The third-order valence-corrected chi connectivity index (χ3v) is 2.55. The third kappa shape index (κ3) is 2.69. The molecule has 1 aromatic carbocycles. The van der Waals surface area contributed by atoms with Crippen molar-refractivity contribution in [2.75, 3.05) is 0 Å². The number of hydrogen-bond donors (Lipinski definition) is 0. The highest BCUT2D eigenvalue weighted by atomic mass is 15.4. The van der Waals surface area contributed by atoms with Crippen molar-refractivity contribution in [2.24, 2.45) is 0 Å². The quantitative estimate of drug-likeness (QED) is 0.749. The first kappa shape index (κ1) is 11.3. The molecule has 0 unspecified atom stereocenters. The molecular weight excluding hydrogens is 210 g/mol. The lowest BCUT2D eigenvalue weighted by Gasteiger charge is -1.99. The van der Waals surface area contributed by atoms with Gasteiger partial charge in [0.2, 0.25) is 0 Å². The molecular formula is C14H15N3. The second-order valence-electron chi connectivity index (χ2n) is 3.74. The van der Waals surface area contributed by atoms with Crippen LogP contribution in [0.15, 0.2) is 55.3 Å². The summed E-state index contributed by atoms with van der Waals surface area (Å²) in [6.45, 7) is 6.46. The Balaban J connectivity index is 2.17. The number of hydrogen-bond acceptors (Lipinski definition) is 2. The molecule has 0 N–H and O–H groups in total. The molecule has 0 aliphatic heterocycles. The number of aromatic nitrogens is 3. The van der Waals surface area contributed by atoms with Crippen molar-refractivity contribution in [2.45, 2.75) is 13.5 Å². The summed E-state index contributed by atoms with van der Waals surface area (Å²) in [4.78, 5) is 0. The minimum Gasteiger partial charge on any atom is -0.247 e. The van der Waals surface area contributed by atoms with Gasteiger partial charge in [0, 0.05) is 0 Å². The van der Waals surface area contributed by atoms with Crippen LogP contribution in [0.25, 0.3) is 5.57 Å². The van der Waals surface area contributed by atoms with Crippen LogP contribution in [-0.4, -0.2) is 15.0 Å². The molecule has 17 heavy (non-hydrogen) atoms. The number of benzene rings is 1. The molecule has 1 aromatic heterocycles. The van der Waals surface area contributed by atoms with Crippen LogP contribution >= 0.6 is 0 Å². The van der Waals surface area contributed by atoms with E-state index in [1.165, 1.54) is 5.56 Å². The molecule has 0 spiro atoms. The zero-order valence-electron chi connectivity index (χ0n) is 9.87. The molecule has 0 amide bonds. The Bertz CT molecular complexity index is 523. The fraction of sp³-hybridized carbons (Fsp3) is 0.143. The van der Waals surface area contributed by atoms with Crippen LogP contribution in [0.3, 0.4) is 0 Å². The predicted molar refractivity (Wildman–Crippen MR) is 69.4 cm³/mol. The van der Waals surface area contributed by atoms with Crippen molar-refractivity contribution in [3.63, 3.8) is 0 Å². The first-order valence-electron chi connectivity index (χ1n) is 5.56. The molecule has 2 rings (SSSR count). The van der Waals surface area contributed by atoms with Gasteiger partial charge in [-0.25, -0.2) is 4.68 Å².